The minimum atomic E-state index is -4.45. The third-order valence-corrected chi connectivity index (χ3v) is 13.5. The molecule has 1 aromatic heterocycles. The lowest BCUT2D eigenvalue weighted by atomic mass is 9.71. The van der Waals surface area contributed by atoms with Crippen molar-refractivity contribution in [2.24, 2.45) is 5.41 Å². The number of halogens is 3. The van der Waals surface area contributed by atoms with Crippen molar-refractivity contribution in [3.8, 4) is 0 Å². The number of aliphatic hydroxyl groups is 1. The van der Waals surface area contributed by atoms with Crippen LogP contribution in [0.15, 0.2) is 30.3 Å². The maximum absolute atomic E-state index is 13.3. The van der Waals surface area contributed by atoms with E-state index in [2.05, 4.69) is 67.6 Å². The number of aromatic nitrogens is 1. The average Bonchev–Trinajstić information content (AvgIpc) is 2.85. The molecule has 1 aromatic carbocycles. The third-order valence-electron chi connectivity index (χ3n) is 8.99. The first-order chi connectivity index (χ1) is 18.8. The lowest BCUT2D eigenvalue weighted by Crippen LogP contribution is -2.44. The molecule has 0 radical (unpaired) electrons. The van der Waals surface area contributed by atoms with Gasteiger partial charge in [-0.05, 0) is 77.6 Å². The highest BCUT2D eigenvalue weighted by Gasteiger charge is 2.45. The Hall–Kier alpha value is -2.00. The van der Waals surface area contributed by atoms with Gasteiger partial charge in [-0.15, -0.1) is 0 Å². The summed E-state index contributed by atoms with van der Waals surface area (Å²) in [7, 11) is -2.20. The first-order valence-electron chi connectivity index (χ1n) is 14.7. The van der Waals surface area contributed by atoms with E-state index in [1.807, 2.05) is 0 Å². The molecule has 2 unspecified atom stereocenters. The molecular formula is C33H46F3NO3Si. The Balaban J connectivity index is 2.01. The summed E-state index contributed by atoms with van der Waals surface area (Å²) in [5.41, 5.74) is 5.17. The molecule has 4 rings (SSSR count). The lowest BCUT2D eigenvalue weighted by molar-refractivity contribution is -0.137. The Morgan fingerprint density at radius 1 is 1.10 bits per heavy atom. The quantitative estimate of drug-likeness (QED) is 0.341. The molecule has 0 saturated heterocycles. The number of pyridine rings is 1. The second kappa shape index (κ2) is 11.2. The third kappa shape index (κ3) is 6.66. The second-order valence-electron chi connectivity index (χ2n) is 14.3. The predicted molar refractivity (Wildman–Crippen MR) is 160 cm³/mol. The molecule has 8 heteroatoms. The maximum Gasteiger partial charge on any atom is 0.416 e. The van der Waals surface area contributed by atoms with E-state index in [0.717, 1.165) is 53.1 Å². The van der Waals surface area contributed by atoms with E-state index in [-0.39, 0.29) is 22.5 Å². The SMILES string of the molecule is CC(C)c1nc2c(c(C3=CCOCC3)c1C(O)c1ccc(C(F)(F)F)cc1)C(O[Si](C)(C)C(C)(C)C)CC(C)(C)C2. The molecule has 4 nitrogen and oxygen atoms in total. The smallest absolute Gasteiger partial charge is 0.410 e. The predicted octanol–water partition coefficient (Wildman–Crippen LogP) is 9.14. The molecule has 2 aromatic rings. The Labute approximate surface area is 244 Å². The molecular weight excluding hydrogens is 543 g/mol. The molecule has 0 fully saturated rings. The van der Waals surface area contributed by atoms with Crippen LogP contribution < -0.4 is 0 Å². The summed E-state index contributed by atoms with van der Waals surface area (Å²) in [4.78, 5) is 5.25. The van der Waals surface area contributed by atoms with Gasteiger partial charge in [0.15, 0.2) is 8.32 Å². The van der Waals surface area contributed by atoms with Crippen LogP contribution in [0.3, 0.4) is 0 Å². The van der Waals surface area contributed by atoms with Crippen LogP contribution in [0.25, 0.3) is 5.57 Å². The fourth-order valence-corrected chi connectivity index (χ4v) is 7.03. The number of ether oxygens (including phenoxy) is 1. The van der Waals surface area contributed by atoms with E-state index in [0.29, 0.717) is 30.8 Å². The lowest BCUT2D eigenvalue weighted by Gasteiger charge is -2.45. The summed E-state index contributed by atoms with van der Waals surface area (Å²) < 4.78 is 52.8. The average molecular weight is 590 g/mol. The molecule has 226 valence electrons. The van der Waals surface area contributed by atoms with Crippen molar-refractivity contribution < 1.29 is 27.4 Å². The molecule has 2 heterocycles. The van der Waals surface area contributed by atoms with E-state index >= 15 is 0 Å². The van der Waals surface area contributed by atoms with Gasteiger partial charge in [-0.3, -0.25) is 4.98 Å². The van der Waals surface area contributed by atoms with Crippen LogP contribution in [-0.2, 0) is 21.8 Å². The molecule has 1 aliphatic carbocycles. The van der Waals surface area contributed by atoms with Gasteiger partial charge in [0.2, 0.25) is 0 Å². The molecule has 1 aliphatic heterocycles. The largest absolute Gasteiger partial charge is 0.416 e. The molecule has 2 atom stereocenters. The Kier molecular flexibility index (Phi) is 8.76. The van der Waals surface area contributed by atoms with E-state index in [1.165, 1.54) is 12.1 Å². The van der Waals surface area contributed by atoms with Crippen molar-refractivity contribution in [3.63, 3.8) is 0 Å². The first kappa shape index (κ1) is 31.9. The van der Waals surface area contributed by atoms with Gasteiger partial charge in [-0.2, -0.15) is 13.2 Å². The Morgan fingerprint density at radius 3 is 2.24 bits per heavy atom. The van der Waals surface area contributed by atoms with Crippen LogP contribution in [0.5, 0.6) is 0 Å². The number of hydrogen-bond acceptors (Lipinski definition) is 4. The summed E-state index contributed by atoms with van der Waals surface area (Å²) in [5, 5.41) is 12.0. The van der Waals surface area contributed by atoms with Crippen LogP contribution >= 0.6 is 0 Å². The monoisotopic (exact) mass is 589 g/mol. The van der Waals surface area contributed by atoms with Crippen molar-refractivity contribution in [1.82, 2.24) is 4.98 Å². The summed E-state index contributed by atoms with van der Waals surface area (Å²) in [6.45, 7) is 20.9. The minimum Gasteiger partial charge on any atom is -0.410 e. The van der Waals surface area contributed by atoms with E-state index in [1.54, 1.807) is 0 Å². The van der Waals surface area contributed by atoms with Gasteiger partial charge in [0, 0.05) is 22.5 Å². The zero-order valence-corrected chi connectivity index (χ0v) is 27.0. The van der Waals surface area contributed by atoms with Gasteiger partial charge in [0.1, 0.15) is 6.10 Å². The minimum absolute atomic E-state index is 0.000732. The van der Waals surface area contributed by atoms with Crippen molar-refractivity contribution in [2.45, 2.75) is 110 Å². The summed E-state index contributed by atoms with van der Waals surface area (Å²) in [6, 6.07) is 4.84. The number of fused-ring (bicyclic) bond motifs is 1. The van der Waals surface area contributed by atoms with Crippen LogP contribution in [0, 0.1) is 5.41 Å². The molecule has 2 aliphatic rings. The molecule has 1 N–H and O–H groups in total. The van der Waals surface area contributed by atoms with Gasteiger partial charge in [-0.25, -0.2) is 0 Å². The zero-order valence-electron chi connectivity index (χ0n) is 26.0. The van der Waals surface area contributed by atoms with Gasteiger partial charge < -0.3 is 14.3 Å². The number of benzene rings is 1. The molecule has 41 heavy (non-hydrogen) atoms. The van der Waals surface area contributed by atoms with Crippen LogP contribution in [0.4, 0.5) is 13.2 Å². The number of nitrogens with zero attached hydrogens (tertiary/aromatic N) is 1. The number of aliphatic hydroxyl groups excluding tert-OH is 1. The molecule has 0 bridgehead atoms. The van der Waals surface area contributed by atoms with Gasteiger partial charge in [0.25, 0.3) is 0 Å². The van der Waals surface area contributed by atoms with E-state index < -0.39 is 26.2 Å². The van der Waals surface area contributed by atoms with Crippen molar-refractivity contribution in [3.05, 3.63) is 69.5 Å². The normalized spacial score (nSPS) is 20.5. The Bertz CT molecular complexity index is 1290. The number of alkyl halides is 3. The zero-order chi connectivity index (χ0) is 30.5. The van der Waals surface area contributed by atoms with Gasteiger partial charge in [-0.1, -0.05) is 66.7 Å². The summed E-state index contributed by atoms with van der Waals surface area (Å²) >= 11 is 0. The highest BCUT2D eigenvalue weighted by Crippen LogP contribution is 2.51. The summed E-state index contributed by atoms with van der Waals surface area (Å²) in [6.07, 6.45) is -1.43. The van der Waals surface area contributed by atoms with Crippen LogP contribution in [0.2, 0.25) is 18.1 Å². The van der Waals surface area contributed by atoms with Crippen molar-refractivity contribution in [1.29, 1.82) is 0 Å². The highest BCUT2D eigenvalue weighted by atomic mass is 28.4. The van der Waals surface area contributed by atoms with Crippen LogP contribution in [0.1, 0.15) is 119 Å². The van der Waals surface area contributed by atoms with E-state index in [9.17, 15) is 18.3 Å². The van der Waals surface area contributed by atoms with Crippen molar-refractivity contribution >= 4 is 13.9 Å². The number of rotatable bonds is 6. The highest BCUT2D eigenvalue weighted by molar-refractivity contribution is 6.74. The fourth-order valence-electron chi connectivity index (χ4n) is 5.77. The topological polar surface area (TPSA) is 51.6 Å². The fraction of sp³-hybridized carbons (Fsp3) is 0.606. The summed E-state index contributed by atoms with van der Waals surface area (Å²) in [5.74, 6) is -0.0108. The molecule has 0 spiro atoms. The van der Waals surface area contributed by atoms with Crippen molar-refractivity contribution in [2.75, 3.05) is 13.2 Å². The second-order valence-corrected chi connectivity index (χ2v) is 19.0. The maximum atomic E-state index is 13.3. The molecule has 0 saturated carbocycles. The van der Waals surface area contributed by atoms with Gasteiger partial charge in [0.05, 0.1) is 24.9 Å². The first-order valence-corrected chi connectivity index (χ1v) is 17.6. The van der Waals surface area contributed by atoms with Gasteiger partial charge >= 0.3 is 6.18 Å². The molecule has 0 amide bonds. The standard InChI is InChI=1S/C33H46F3NO3Si/c1-20(2)29-28(30(38)22-10-12-23(13-11-22)33(34,35)36)26(21-14-16-39-17-15-21)27-24(37-29)18-32(6,7)19-25(27)40-41(8,9)31(3,4)5/h10-14,20,25,30,38H,15-19H2,1-9H3. The van der Waals surface area contributed by atoms with E-state index in [4.69, 9.17) is 14.1 Å². The Morgan fingerprint density at radius 2 is 1.73 bits per heavy atom. The van der Waals surface area contributed by atoms with Crippen LogP contribution in [-0.4, -0.2) is 31.6 Å². The number of hydrogen-bond donors (Lipinski definition) is 1.